The number of benzene rings is 2. The summed E-state index contributed by atoms with van der Waals surface area (Å²) in [6.45, 7) is 1.90. The number of urea groups is 1. The minimum absolute atomic E-state index is 0.0402. The highest BCUT2D eigenvalue weighted by Crippen LogP contribution is 2.15. The van der Waals surface area contributed by atoms with Crippen LogP contribution in [0.15, 0.2) is 48.5 Å². The summed E-state index contributed by atoms with van der Waals surface area (Å²) in [5.41, 5.74) is 8.51. The number of carbonyl (C=O) groups excluding carboxylic acids is 1. The first-order chi connectivity index (χ1) is 10.1. The first-order valence-electron chi connectivity index (χ1n) is 6.52. The molecule has 2 aromatic carbocycles. The van der Waals surface area contributed by atoms with E-state index in [1.807, 2.05) is 25.1 Å². The van der Waals surface area contributed by atoms with Crippen LogP contribution in [0.3, 0.4) is 0 Å². The van der Waals surface area contributed by atoms with Crippen LogP contribution >= 0.6 is 0 Å². The van der Waals surface area contributed by atoms with Gasteiger partial charge < -0.3 is 16.4 Å². The van der Waals surface area contributed by atoms with E-state index >= 15 is 0 Å². The molecule has 0 fully saturated rings. The minimum Gasteiger partial charge on any atom is -0.324 e. The fourth-order valence-electron chi connectivity index (χ4n) is 1.83. The molecule has 21 heavy (non-hydrogen) atoms. The summed E-state index contributed by atoms with van der Waals surface area (Å²) in [6, 6.07) is 15.7. The van der Waals surface area contributed by atoms with Crippen LogP contribution in [0.25, 0.3) is 0 Å². The molecule has 5 heteroatoms. The summed E-state index contributed by atoms with van der Waals surface area (Å²) in [7, 11) is 0. The number of amides is 2. The number of nitrogens with one attached hydrogen (secondary N) is 2. The Kier molecular flexibility index (Phi) is 4.54. The molecule has 0 aliphatic carbocycles. The molecule has 2 rings (SSSR count). The minimum atomic E-state index is -0.362. The van der Waals surface area contributed by atoms with Crippen LogP contribution in [0.1, 0.15) is 24.1 Å². The van der Waals surface area contributed by atoms with Gasteiger partial charge in [0.2, 0.25) is 0 Å². The van der Waals surface area contributed by atoms with E-state index in [4.69, 9.17) is 11.0 Å². The summed E-state index contributed by atoms with van der Waals surface area (Å²) < 4.78 is 0. The molecule has 0 aliphatic heterocycles. The Morgan fingerprint density at radius 1 is 1.14 bits per heavy atom. The van der Waals surface area contributed by atoms with Crippen LogP contribution in [0.5, 0.6) is 0 Å². The van der Waals surface area contributed by atoms with Crippen LogP contribution in [0.4, 0.5) is 16.2 Å². The van der Waals surface area contributed by atoms with Gasteiger partial charge in [0.15, 0.2) is 0 Å². The molecule has 1 atom stereocenters. The summed E-state index contributed by atoms with van der Waals surface area (Å²) in [6.07, 6.45) is 0. The van der Waals surface area contributed by atoms with Gasteiger partial charge in [-0.1, -0.05) is 18.2 Å². The molecule has 2 amide bonds. The number of nitrogens with zero attached hydrogens (tertiary/aromatic N) is 1. The highest BCUT2D eigenvalue weighted by molar-refractivity contribution is 5.99. The molecule has 5 nitrogen and oxygen atoms in total. The third-order valence-electron chi connectivity index (χ3n) is 2.94. The molecule has 0 aromatic heterocycles. The van der Waals surface area contributed by atoms with Gasteiger partial charge in [-0.15, -0.1) is 0 Å². The van der Waals surface area contributed by atoms with Crippen LogP contribution < -0.4 is 16.4 Å². The second-order valence-electron chi connectivity index (χ2n) is 4.68. The summed E-state index contributed by atoms with van der Waals surface area (Å²) in [4.78, 5) is 11.9. The number of anilines is 2. The smallest absolute Gasteiger partial charge is 0.323 e. The quantitative estimate of drug-likeness (QED) is 0.806. The van der Waals surface area contributed by atoms with Crippen molar-refractivity contribution in [3.05, 3.63) is 59.7 Å². The summed E-state index contributed by atoms with van der Waals surface area (Å²) >= 11 is 0. The third kappa shape index (κ3) is 4.06. The van der Waals surface area contributed by atoms with Gasteiger partial charge >= 0.3 is 6.03 Å². The lowest BCUT2D eigenvalue weighted by Crippen LogP contribution is -2.19. The average Bonchev–Trinajstić information content (AvgIpc) is 2.47. The van der Waals surface area contributed by atoms with Crippen molar-refractivity contribution in [2.24, 2.45) is 5.73 Å². The lowest BCUT2D eigenvalue weighted by Gasteiger charge is -2.09. The molecule has 0 bridgehead atoms. The second-order valence-corrected chi connectivity index (χ2v) is 4.68. The number of carbonyl (C=O) groups is 1. The van der Waals surface area contributed by atoms with Crippen LogP contribution in [-0.2, 0) is 0 Å². The van der Waals surface area contributed by atoms with E-state index in [-0.39, 0.29) is 12.1 Å². The van der Waals surface area contributed by atoms with Crippen LogP contribution in [0, 0.1) is 11.3 Å². The summed E-state index contributed by atoms with van der Waals surface area (Å²) in [5, 5.41) is 14.2. The zero-order valence-corrected chi connectivity index (χ0v) is 11.6. The molecule has 0 heterocycles. The Labute approximate surface area is 123 Å². The summed E-state index contributed by atoms with van der Waals surface area (Å²) in [5.74, 6) is 0. The van der Waals surface area contributed by atoms with Crippen molar-refractivity contribution < 1.29 is 4.79 Å². The molecule has 0 saturated carbocycles. The van der Waals surface area contributed by atoms with E-state index in [2.05, 4.69) is 10.6 Å². The highest BCUT2D eigenvalue weighted by atomic mass is 16.2. The van der Waals surface area contributed by atoms with Crippen LogP contribution in [0.2, 0.25) is 0 Å². The first kappa shape index (κ1) is 14.6. The molecule has 1 unspecified atom stereocenters. The fourth-order valence-corrected chi connectivity index (χ4v) is 1.83. The normalized spacial score (nSPS) is 11.3. The number of nitriles is 1. The standard InChI is InChI=1S/C16H16N4O/c1-11(18)13-5-7-14(8-6-13)19-16(21)20-15-4-2-3-12(9-15)10-17/h2-9,11H,18H2,1H3,(H2,19,20,21). The van der Waals surface area contributed by atoms with E-state index < -0.39 is 0 Å². The molecule has 0 radical (unpaired) electrons. The first-order valence-corrected chi connectivity index (χ1v) is 6.52. The van der Waals surface area contributed by atoms with Crippen molar-refractivity contribution in [1.82, 2.24) is 0 Å². The Morgan fingerprint density at radius 2 is 1.81 bits per heavy atom. The number of rotatable bonds is 3. The van der Waals surface area contributed by atoms with Gasteiger partial charge in [0, 0.05) is 17.4 Å². The largest absolute Gasteiger partial charge is 0.324 e. The molecule has 4 N–H and O–H groups in total. The molecule has 0 saturated heterocycles. The van der Waals surface area contributed by atoms with Crippen LogP contribution in [-0.4, -0.2) is 6.03 Å². The number of hydrogen-bond acceptors (Lipinski definition) is 3. The van der Waals surface area contributed by atoms with Gasteiger partial charge in [0.1, 0.15) is 0 Å². The molecule has 106 valence electrons. The topological polar surface area (TPSA) is 90.9 Å². The van der Waals surface area contributed by atoms with Gasteiger partial charge in [-0.3, -0.25) is 0 Å². The monoisotopic (exact) mass is 280 g/mol. The van der Waals surface area contributed by atoms with E-state index in [0.29, 0.717) is 16.9 Å². The predicted molar refractivity (Wildman–Crippen MR) is 82.8 cm³/mol. The highest BCUT2D eigenvalue weighted by Gasteiger charge is 2.04. The zero-order valence-electron chi connectivity index (χ0n) is 11.6. The van der Waals surface area contributed by atoms with Crippen molar-refractivity contribution >= 4 is 17.4 Å². The van der Waals surface area contributed by atoms with Gasteiger partial charge in [-0.05, 0) is 42.8 Å². The van der Waals surface area contributed by atoms with E-state index in [1.54, 1.807) is 36.4 Å². The second kappa shape index (κ2) is 6.55. The number of nitrogens with two attached hydrogens (primary N) is 1. The van der Waals surface area contributed by atoms with E-state index in [9.17, 15) is 4.79 Å². The molecular formula is C16H16N4O. The SMILES string of the molecule is CC(N)c1ccc(NC(=O)Nc2cccc(C#N)c2)cc1. The van der Waals surface area contributed by atoms with Crippen molar-refractivity contribution in [2.75, 3.05) is 10.6 Å². The Morgan fingerprint density at radius 3 is 2.43 bits per heavy atom. The Hall–Kier alpha value is -2.84. The van der Waals surface area contributed by atoms with Crippen molar-refractivity contribution in [2.45, 2.75) is 13.0 Å². The third-order valence-corrected chi connectivity index (χ3v) is 2.94. The van der Waals surface area contributed by atoms with Crippen molar-refractivity contribution in [3.63, 3.8) is 0 Å². The molecule has 0 spiro atoms. The maximum Gasteiger partial charge on any atom is 0.323 e. The van der Waals surface area contributed by atoms with Gasteiger partial charge in [0.25, 0.3) is 0 Å². The van der Waals surface area contributed by atoms with Crippen molar-refractivity contribution in [1.29, 1.82) is 5.26 Å². The molecular weight excluding hydrogens is 264 g/mol. The lowest BCUT2D eigenvalue weighted by atomic mass is 10.1. The lowest BCUT2D eigenvalue weighted by molar-refractivity contribution is 0.262. The fraction of sp³-hybridized carbons (Fsp3) is 0.125. The zero-order chi connectivity index (χ0) is 15.2. The number of hydrogen-bond donors (Lipinski definition) is 3. The van der Waals surface area contributed by atoms with E-state index in [0.717, 1.165) is 5.56 Å². The van der Waals surface area contributed by atoms with E-state index in [1.165, 1.54) is 0 Å². The van der Waals surface area contributed by atoms with Gasteiger partial charge in [0.05, 0.1) is 11.6 Å². The Balaban J connectivity index is 1.99. The maximum absolute atomic E-state index is 11.9. The predicted octanol–water partition coefficient (Wildman–Crippen LogP) is 3.22. The van der Waals surface area contributed by atoms with Gasteiger partial charge in [-0.25, -0.2) is 4.79 Å². The Bertz CT molecular complexity index is 671. The average molecular weight is 280 g/mol. The molecule has 0 aliphatic rings. The van der Waals surface area contributed by atoms with Crippen molar-refractivity contribution in [3.8, 4) is 6.07 Å². The molecule has 2 aromatic rings. The van der Waals surface area contributed by atoms with Gasteiger partial charge in [-0.2, -0.15) is 5.26 Å². The maximum atomic E-state index is 11.9.